The van der Waals surface area contributed by atoms with Crippen LogP contribution in [0.2, 0.25) is 0 Å². The van der Waals surface area contributed by atoms with E-state index in [0.29, 0.717) is 38.9 Å². The lowest BCUT2D eigenvalue weighted by Gasteiger charge is -2.44. The van der Waals surface area contributed by atoms with Crippen molar-refractivity contribution >= 4 is 34.6 Å². The van der Waals surface area contributed by atoms with E-state index < -0.39 is 17.7 Å². The molecule has 0 saturated carbocycles. The maximum absolute atomic E-state index is 13.5. The highest BCUT2D eigenvalue weighted by Gasteiger charge is 2.45. The van der Waals surface area contributed by atoms with E-state index in [1.165, 1.54) is 0 Å². The van der Waals surface area contributed by atoms with Gasteiger partial charge in [-0.15, -0.1) is 0 Å². The summed E-state index contributed by atoms with van der Waals surface area (Å²) in [6, 6.07) is 14.1. The van der Waals surface area contributed by atoms with Crippen molar-refractivity contribution < 1.29 is 19.1 Å². The number of likely N-dealkylation sites (tertiary alicyclic amines) is 1. The minimum Gasteiger partial charge on any atom is -0.438 e. The number of aromatic amines is 1. The third-order valence-corrected chi connectivity index (χ3v) is 7.88. The van der Waals surface area contributed by atoms with Crippen LogP contribution in [0.1, 0.15) is 35.1 Å². The van der Waals surface area contributed by atoms with Gasteiger partial charge in [-0.1, -0.05) is 24.3 Å². The summed E-state index contributed by atoms with van der Waals surface area (Å²) in [6.45, 7) is 3.05. The van der Waals surface area contributed by atoms with E-state index in [1.54, 1.807) is 23.5 Å². The molecule has 2 aliphatic heterocycles. The number of rotatable bonds is 6. The van der Waals surface area contributed by atoms with Gasteiger partial charge in [0.25, 0.3) is 0 Å². The SMILES string of the molecule is Cc1cc(CC(NC(=O)N2CCC3(CC2)OC(=O)Nc2ccccc23)C(=O)NCc2ccncc2)cc2cn[nH]c12. The smallest absolute Gasteiger partial charge is 0.412 e. The maximum Gasteiger partial charge on any atom is 0.412 e. The molecule has 4 N–H and O–H groups in total. The minimum atomic E-state index is -0.804. The number of ether oxygens (including phenoxy) is 1. The van der Waals surface area contributed by atoms with Gasteiger partial charge < -0.3 is 20.3 Å². The Kier molecular flexibility index (Phi) is 7.00. The number of hydrogen-bond acceptors (Lipinski definition) is 6. The fourth-order valence-corrected chi connectivity index (χ4v) is 5.73. The Labute approximate surface area is 236 Å². The number of hydrogen-bond donors (Lipinski definition) is 4. The molecule has 4 amide bonds. The quantitative estimate of drug-likeness (QED) is 0.287. The fourth-order valence-electron chi connectivity index (χ4n) is 5.73. The zero-order valence-electron chi connectivity index (χ0n) is 22.6. The molecule has 6 rings (SSSR count). The number of carbonyl (C=O) groups excluding carboxylic acids is 3. The molecule has 1 fully saturated rings. The van der Waals surface area contributed by atoms with Gasteiger partial charge in [0.1, 0.15) is 11.6 Å². The number of aromatic nitrogens is 3. The average molecular weight is 554 g/mol. The van der Waals surface area contributed by atoms with E-state index in [2.05, 4.69) is 31.1 Å². The Balaban J connectivity index is 1.17. The first-order valence-electron chi connectivity index (χ1n) is 13.6. The van der Waals surface area contributed by atoms with Crippen molar-refractivity contribution in [2.24, 2.45) is 0 Å². The second kappa shape index (κ2) is 10.9. The molecule has 1 atom stereocenters. The molecular formula is C30H31N7O4. The molecule has 0 radical (unpaired) electrons. The number of para-hydroxylation sites is 1. The minimum absolute atomic E-state index is 0.283. The molecule has 2 aromatic carbocycles. The summed E-state index contributed by atoms with van der Waals surface area (Å²) in [4.78, 5) is 44.9. The Bertz CT molecular complexity index is 1590. The molecule has 41 heavy (non-hydrogen) atoms. The first kappa shape index (κ1) is 26.3. The second-order valence-corrected chi connectivity index (χ2v) is 10.6. The van der Waals surface area contributed by atoms with Crippen LogP contribution in [-0.2, 0) is 28.1 Å². The van der Waals surface area contributed by atoms with E-state index in [0.717, 1.165) is 38.8 Å². The van der Waals surface area contributed by atoms with Crippen LogP contribution in [0.3, 0.4) is 0 Å². The molecule has 4 heterocycles. The van der Waals surface area contributed by atoms with Crippen LogP contribution in [0, 0.1) is 6.92 Å². The number of pyridine rings is 1. The Hall–Kier alpha value is -4.93. The highest BCUT2D eigenvalue weighted by atomic mass is 16.6. The van der Waals surface area contributed by atoms with Gasteiger partial charge in [-0.3, -0.25) is 20.2 Å². The summed E-state index contributed by atoms with van der Waals surface area (Å²) in [5.74, 6) is -0.283. The van der Waals surface area contributed by atoms with Crippen LogP contribution < -0.4 is 16.0 Å². The van der Waals surface area contributed by atoms with Crippen LogP contribution in [0.25, 0.3) is 10.9 Å². The van der Waals surface area contributed by atoms with Gasteiger partial charge in [0.15, 0.2) is 0 Å². The molecule has 1 spiro atoms. The molecule has 210 valence electrons. The van der Waals surface area contributed by atoms with Crippen LogP contribution >= 0.6 is 0 Å². The van der Waals surface area contributed by atoms with Gasteiger partial charge in [0, 0.05) is 62.2 Å². The highest BCUT2D eigenvalue weighted by molar-refractivity contribution is 5.89. The van der Waals surface area contributed by atoms with Crippen molar-refractivity contribution in [1.29, 1.82) is 0 Å². The molecule has 11 heteroatoms. The van der Waals surface area contributed by atoms with Crippen molar-refractivity contribution in [2.45, 2.75) is 44.4 Å². The Morgan fingerprint density at radius 3 is 2.68 bits per heavy atom. The first-order chi connectivity index (χ1) is 19.9. The number of nitrogens with one attached hydrogen (secondary N) is 4. The Morgan fingerprint density at radius 2 is 1.88 bits per heavy atom. The molecule has 11 nitrogen and oxygen atoms in total. The average Bonchev–Trinajstić information content (AvgIpc) is 3.46. The standard InChI is InChI=1S/C30H31N7O4/c1-19-14-21(15-22-18-33-36-26(19)22)16-25(27(38)32-17-20-6-10-31-11-7-20)34-28(39)37-12-8-30(9-13-37)23-4-2-3-5-24(23)35-29(40)41-30/h2-7,10-11,14-15,18,25H,8-9,12-13,16-17H2,1H3,(H,32,38)(H,33,36)(H,34,39)(H,35,40). The molecule has 1 saturated heterocycles. The lowest BCUT2D eigenvalue weighted by Crippen LogP contribution is -2.56. The molecule has 0 bridgehead atoms. The molecule has 0 aliphatic carbocycles. The molecule has 2 aliphatic rings. The predicted molar refractivity (Wildman–Crippen MR) is 152 cm³/mol. The largest absolute Gasteiger partial charge is 0.438 e. The Morgan fingerprint density at radius 1 is 1.10 bits per heavy atom. The van der Waals surface area contributed by atoms with Crippen LogP contribution in [0.5, 0.6) is 0 Å². The number of benzene rings is 2. The van der Waals surface area contributed by atoms with Gasteiger partial charge in [-0.2, -0.15) is 5.10 Å². The fraction of sp³-hybridized carbons (Fsp3) is 0.300. The van der Waals surface area contributed by atoms with Crippen molar-refractivity contribution in [2.75, 3.05) is 18.4 Å². The van der Waals surface area contributed by atoms with E-state index in [1.807, 2.05) is 55.5 Å². The van der Waals surface area contributed by atoms with E-state index in [-0.39, 0.29) is 11.9 Å². The number of fused-ring (bicyclic) bond motifs is 3. The summed E-state index contributed by atoms with van der Waals surface area (Å²) in [6.07, 6.45) is 5.83. The summed E-state index contributed by atoms with van der Waals surface area (Å²) >= 11 is 0. The van der Waals surface area contributed by atoms with Crippen LogP contribution in [-0.4, -0.2) is 57.2 Å². The summed E-state index contributed by atoms with van der Waals surface area (Å²) < 4.78 is 5.80. The van der Waals surface area contributed by atoms with Crippen molar-refractivity contribution in [3.63, 3.8) is 0 Å². The maximum atomic E-state index is 13.5. The van der Waals surface area contributed by atoms with Crippen LogP contribution in [0.15, 0.2) is 67.1 Å². The number of urea groups is 1. The third kappa shape index (κ3) is 5.43. The predicted octanol–water partition coefficient (Wildman–Crippen LogP) is 3.76. The van der Waals surface area contributed by atoms with Crippen molar-refractivity contribution in [3.8, 4) is 0 Å². The van der Waals surface area contributed by atoms with E-state index in [4.69, 9.17) is 4.74 Å². The third-order valence-electron chi connectivity index (χ3n) is 7.88. The normalized spacial score (nSPS) is 16.4. The van der Waals surface area contributed by atoms with Gasteiger partial charge in [0.05, 0.1) is 17.4 Å². The van der Waals surface area contributed by atoms with Gasteiger partial charge in [0.2, 0.25) is 5.91 Å². The molecule has 1 unspecified atom stereocenters. The number of carbonyl (C=O) groups is 3. The number of piperidine rings is 1. The van der Waals surface area contributed by atoms with Crippen LogP contribution in [0.4, 0.5) is 15.3 Å². The second-order valence-electron chi connectivity index (χ2n) is 10.6. The van der Waals surface area contributed by atoms with Gasteiger partial charge >= 0.3 is 12.1 Å². The molecular weight excluding hydrogens is 522 g/mol. The number of anilines is 1. The van der Waals surface area contributed by atoms with E-state index >= 15 is 0 Å². The lowest BCUT2D eigenvalue weighted by atomic mass is 9.82. The molecule has 2 aromatic heterocycles. The number of nitrogens with zero attached hydrogens (tertiary/aromatic N) is 3. The number of aryl methyl sites for hydroxylation is 1. The zero-order valence-corrected chi connectivity index (χ0v) is 22.6. The highest BCUT2D eigenvalue weighted by Crippen LogP contribution is 2.43. The molecule has 4 aromatic rings. The number of amides is 4. The van der Waals surface area contributed by atoms with E-state index in [9.17, 15) is 14.4 Å². The van der Waals surface area contributed by atoms with Crippen molar-refractivity contribution in [1.82, 2.24) is 30.7 Å². The summed E-state index contributed by atoms with van der Waals surface area (Å²) in [5, 5.41) is 16.7. The topological polar surface area (TPSA) is 141 Å². The lowest BCUT2D eigenvalue weighted by molar-refractivity contribution is -0.123. The zero-order chi connectivity index (χ0) is 28.4. The summed E-state index contributed by atoms with van der Waals surface area (Å²) in [7, 11) is 0. The number of H-pyrrole nitrogens is 1. The van der Waals surface area contributed by atoms with Gasteiger partial charge in [-0.05, 0) is 47.9 Å². The monoisotopic (exact) mass is 553 g/mol. The summed E-state index contributed by atoms with van der Waals surface area (Å²) in [5.41, 5.74) is 4.64. The van der Waals surface area contributed by atoms with Crippen molar-refractivity contribution in [3.05, 3.63) is 89.4 Å². The first-order valence-corrected chi connectivity index (χ1v) is 13.6. The van der Waals surface area contributed by atoms with Gasteiger partial charge in [-0.25, -0.2) is 9.59 Å².